The lowest BCUT2D eigenvalue weighted by Crippen LogP contribution is -2.43. The Kier molecular flexibility index (Phi) is 3.07. The van der Waals surface area contributed by atoms with Gasteiger partial charge in [-0.2, -0.15) is 0 Å². The molecule has 1 aliphatic rings. The summed E-state index contributed by atoms with van der Waals surface area (Å²) >= 11 is 0. The maximum Gasteiger partial charge on any atom is 0.315 e. The van der Waals surface area contributed by atoms with Gasteiger partial charge in [-0.1, -0.05) is 0 Å². The Balaban J connectivity index is 2.35. The minimum absolute atomic E-state index is 0.0906. The predicted octanol–water partition coefficient (Wildman–Crippen LogP) is 1.80. The van der Waals surface area contributed by atoms with Gasteiger partial charge >= 0.3 is 6.03 Å². The van der Waals surface area contributed by atoms with Crippen molar-refractivity contribution in [3.8, 4) is 5.75 Å². The summed E-state index contributed by atoms with van der Waals surface area (Å²) in [7, 11) is 1.60. The molecular weight excluding hydrogens is 230 g/mol. The molecule has 0 spiro atoms. The maximum absolute atomic E-state index is 11.5. The molecule has 0 radical (unpaired) electrons. The third-order valence-electron chi connectivity index (χ3n) is 3.02. The van der Waals surface area contributed by atoms with Crippen LogP contribution < -0.4 is 21.1 Å². The Hall–Kier alpha value is -1.91. The van der Waals surface area contributed by atoms with E-state index in [1.54, 1.807) is 13.1 Å². The van der Waals surface area contributed by atoms with Gasteiger partial charge in [-0.05, 0) is 32.0 Å². The zero-order chi connectivity index (χ0) is 13.3. The number of fused-ring (bicyclic) bond motifs is 1. The van der Waals surface area contributed by atoms with E-state index in [0.29, 0.717) is 12.1 Å². The van der Waals surface area contributed by atoms with Gasteiger partial charge in [0, 0.05) is 24.7 Å². The van der Waals surface area contributed by atoms with Crippen molar-refractivity contribution in [3.05, 3.63) is 23.8 Å². The van der Waals surface area contributed by atoms with Crippen LogP contribution in [0, 0.1) is 0 Å². The molecule has 1 heterocycles. The molecule has 1 aliphatic heterocycles. The third kappa shape index (κ3) is 2.50. The van der Waals surface area contributed by atoms with Gasteiger partial charge < -0.3 is 21.1 Å². The normalized spacial score (nSPS) is 20.5. The summed E-state index contributed by atoms with van der Waals surface area (Å²) in [6.07, 6.45) is 0.705. The predicted molar refractivity (Wildman–Crippen MR) is 70.5 cm³/mol. The molecule has 0 bridgehead atoms. The first-order valence-corrected chi connectivity index (χ1v) is 5.98. The van der Waals surface area contributed by atoms with Crippen LogP contribution in [0.2, 0.25) is 0 Å². The largest absolute Gasteiger partial charge is 0.487 e. The first-order valence-electron chi connectivity index (χ1n) is 5.98. The smallest absolute Gasteiger partial charge is 0.315 e. The van der Waals surface area contributed by atoms with E-state index in [1.165, 1.54) is 0 Å². The quantitative estimate of drug-likeness (QED) is 0.664. The Morgan fingerprint density at radius 1 is 1.50 bits per heavy atom. The molecule has 0 saturated heterocycles. The molecule has 2 rings (SSSR count). The number of carbonyl (C=O) groups is 1. The topological polar surface area (TPSA) is 76.4 Å². The molecule has 5 nitrogen and oxygen atoms in total. The number of urea groups is 1. The summed E-state index contributed by atoms with van der Waals surface area (Å²) in [5, 5.41) is 5.48. The highest BCUT2D eigenvalue weighted by Gasteiger charge is 2.34. The lowest BCUT2D eigenvalue weighted by molar-refractivity contribution is 0.0680. The molecule has 98 valence electrons. The van der Waals surface area contributed by atoms with Crippen LogP contribution >= 0.6 is 0 Å². The Bertz CT molecular complexity index is 471. The van der Waals surface area contributed by atoms with Gasteiger partial charge in [0.15, 0.2) is 0 Å². The minimum atomic E-state index is -0.311. The number of benzene rings is 1. The molecule has 5 heteroatoms. The molecule has 0 aromatic heterocycles. The van der Waals surface area contributed by atoms with E-state index in [-0.39, 0.29) is 17.7 Å². The molecule has 0 saturated carbocycles. The molecule has 1 unspecified atom stereocenters. The SMILES string of the molecule is CNC(=O)NC1CC(C)(C)Oc2ccc(N)cc21. The fourth-order valence-corrected chi connectivity index (χ4v) is 2.23. The van der Waals surface area contributed by atoms with Crippen molar-refractivity contribution in [2.24, 2.45) is 0 Å². The van der Waals surface area contributed by atoms with Crippen molar-refractivity contribution in [2.75, 3.05) is 12.8 Å². The van der Waals surface area contributed by atoms with Gasteiger partial charge in [0.2, 0.25) is 0 Å². The molecule has 1 atom stereocenters. The lowest BCUT2D eigenvalue weighted by atomic mass is 9.89. The second-order valence-corrected chi connectivity index (χ2v) is 5.14. The standard InChI is InChI=1S/C13H19N3O2/c1-13(2)7-10(16-12(17)15-3)9-6-8(14)4-5-11(9)18-13/h4-6,10H,7,14H2,1-3H3,(H2,15,16,17). The van der Waals surface area contributed by atoms with Crippen molar-refractivity contribution in [1.82, 2.24) is 10.6 Å². The number of nitrogens with one attached hydrogen (secondary N) is 2. The molecule has 1 aromatic rings. The van der Waals surface area contributed by atoms with Gasteiger partial charge in [0.1, 0.15) is 11.4 Å². The van der Waals surface area contributed by atoms with E-state index < -0.39 is 0 Å². The van der Waals surface area contributed by atoms with Gasteiger partial charge in [-0.25, -0.2) is 4.79 Å². The van der Waals surface area contributed by atoms with E-state index in [0.717, 1.165) is 11.3 Å². The summed E-state index contributed by atoms with van der Waals surface area (Å²) in [6.45, 7) is 4.01. The van der Waals surface area contributed by atoms with Gasteiger partial charge in [0.25, 0.3) is 0 Å². The van der Waals surface area contributed by atoms with Crippen molar-refractivity contribution < 1.29 is 9.53 Å². The van der Waals surface area contributed by atoms with Gasteiger partial charge in [-0.15, -0.1) is 0 Å². The summed E-state index contributed by atoms with van der Waals surface area (Å²) in [4.78, 5) is 11.5. The second kappa shape index (κ2) is 4.40. The fourth-order valence-electron chi connectivity index (χ4n) is 2.23. The zero-order valence-electron chi connectivity index (χ0n) is 10.9. The van der Waals surface area contributed by atoms with Crippen molar-refractivity contribution in [3.63, 3.8) is 0 Å². The number of ether oxygens (including phenoxy) is 1. The average molecular weight is 249 g/mol. The highest BCUT2D eigenvalue weighted by Crippen LogP contribution is 2.40. The summed E-state index contributed by atoms with van der Waals surface area (Å²) in [5.74, 6) is 0.779. The first kappa shape index (κ1) is 12.5. The molecule has 0 aliphatic carbocycles. The molecule has 1 aromatic carbocycles. The van der Waals surface area contributed by atoms with Crippen LogP contribution in [0.25, 0.3) is 0 Å². The Morgan fingerprint density at radius 3 is 2.89 bits per heavy atom. The second-order valence-electron chi connectivity index (χ2n) is 5.14. The van der Waals surface area contributed by atoms with Crippen LogP contribution in [-0.4, -0.2) is 18.7 Å². The molecule has 4 N–H and O–H groups in total. The van der Waals surface area contributed by atoms with Crippen LogP contribution in [0.3, 0.4) is 0 Å². The van der Waals surface area contributed by atoms with E-state index in [4.69, 9.17) is 10.5 Å². The van der Waals surface area contributed by atoms with E-state index in [9.17, 15) is 4.79 Å². The van der Waals surface area contributed by atoms with E-state index in [2.05, 4.69) is 10.6 Å². The van der Waals surface area contributed by atoms with Crippen LogP contribution in [-0.2, 0) is 0 Å². The lowest BCUT2D eigenvalue weighted by Gasteiger charge is -2.37. The van der Waals surface area contributed by atoms with Gasteiger partial charge in [-0.3, -0.25) is 0 Å². The highest BCUT2D eigenvalue weighted by atomic mass is 16.5. The van der Waals surface area contributed by atoms with Crippen molar-refractivity contribution in [2.45, 2.75) is 31.9 Å². The molecule has 2 amide bonds. The van der Waals surface area contributed by atoms with Crippen LogP contribution in [0.1, 0.15) is 31.9 Å². The molecular formula is C13H19N3O2. The van der Waals surface area contributed by atoms with Crippen molar-refractivity contribution >= 4 is 11.7 Å². The minimum Gasteiger partial charge on any atom is -0.487 e. The van der Waals surface area contributed by atoms with Crippen LogP contribution in [0.5, 0.6) is 5.75 Å². The fraction of sp³-hybridized carbons (Fsp3) is 0.462. The van der Waals surface area contributed by atoms with Crippen LogP contribution in [0.4, 0.5) is 10.5 Å². The summed E-state index contributed by atoms with van der Waals surface area (Å²) in [6, 6.07) is 5.21. The number of nitrogen functional groups attached to an aromatic ring is 1. The Labute approximate surface area is 107 Å². The number of anilines is 1. The number of hydrogen-bond acceptors (Lipinski definition) is 3. The highest BCUT2D eigenvalue weighted by molar-refractivity contribution is 5.74. The number of carbonyl (C=O) groups excluding carboxylic acids is 1. The maximum atomic E-state index is 11.5. The third-order valence-corrected chi connectivity index (χ3v) is 3.02. The Morgan fingerprint density at radius 2 is 2.22 bits per heavy atom. The first-order chi connectivity index (χ1) is 8.41. The van der Waals surface area contributed by atoms with E-state index >= 15 is 0 Å². The number of nitrogens with two attached hydrogens (primary N) is 1. The van der Waals surface area contributed by atoms with Crippen molar-refractivity contribution in [1.29, 1.82) is 0 Å². The number of rotatable bonds is 1. The van der Waals surface area contributed by atoms with Crippen LogP contribution in [0.15, 0.2) is 18.2 Å². The monoisotopic (exact) mass is 249 g/mol. The zero-order valence-corrected chi connectivity index (χ0v) is 10.9. The number of hydrogen-bond donors (Lipinski definition) is 3. The van der Waals surface area contributed by atoms with Gasteiger partial charge in [0.05, 0.1) is 6.04 Å². The summed E-state index contributed by atoms with van der Waals surface area (Å²) < 4.78 is 5.89. The summed E-state index contributed by atoms with van der Waals surface area (Å²) in [5.41, 5.74) is 7.08. The number of amides is 2. The molecule has 0 fully saturated rings. The molecule has 18 heavy (non-hydrogen) atoms. The van der Waals surface area contributed by atoms with E-state index in [1.807, 2.05) is 26.0 Å². The average Bonchev–Trinajstić information content (AvgIpc) is 2.29.